The van der Waals surface area contributed by atoms with Gasteiger partial charge in [0.05, 0.1) is 0 Å². The fourth-order valence-corrected chi connectivity index (χ4v) is 5.57. The quantitative estimate of drug-likeness (QED) is 0.357. The molecule has 0 aromatic heterocycles. The third kappa shape index (κ3) is 2.97. The van der Waals surface area contributed by atoms with Crippen LogP contribution in [0.15, 0.2) is 130 Å². The maximum Gasteiger partial charge on any atom is 0.0309 e. The maximum absolute atomic E-state index is 11.9. The van der Waals surface area contributed by atoms with Gasteiger partial charge in [-0.1, -0.05) is 78.9 Å². The van der Waals surface area contributed by atoms with Crippen molar-refractivity contribution < 1.29 is 0 Å². The van der Waals surface area contributed by atoms with Crippen molar-refractivity contribution in [3.8, 4) is 11.1 Å². The Kier molecular flexibility index (Phi) is 4.45. The summed E-state index contributed by atoms with van der Waals surface area (Å²) >= 11 is 0. The first-order valence-electron chi connectivity index (χ1n) is 8.60. The highest BCUT2D eigenvalue weighted by atomic mass is 32.2. The molecule has 0 heterocycles. The first-order valence-corrected chi connectivity index (χ1v) is 10.2. The minimum absolute atomic E-state index is 0.939. The van der Waals surface area contributed by atoms with Crippen LogP contribution in [0.3, 0.4) is 0 Å². The fraction of sp³-hybridized carbons (Fsp3) is 0. The van der Waals surface area contributed by atoms with E-state index in [2.05, 4.69) is 36.4 Å². The van der Waals surface area contributed by atoms with E-state index in [1.54, 1.807) is 0 Å². The summed E-state index contributed by atoms with van der Waals surface area (Å²) in [6, 6.07) is 38.5. The minimum atomic E-state index is -2.27. The molecule has 0 saturated heterocycles. The molecule has 4 rings (SSSR count). The van der Waals surface area contributed by atoms with Crippen LogP contribution in [0.25, 0.3) is 11.1 Å². The lowest BCUT2D eigenvalue weighted by Gasteiger charge is -2.21. The smallest absolute Gasteiger partial charge is 0.0309 e. The molecule has 0 aliphatic rings. The van der Waals surface area contributed by atoms with Gasteiger partial charge in [0.1, 0.15) is 0 Å². The van der Waals surface area contributed by atoms with Crippen LogP contribution in [-0.4, -0.2) is 0 Å². The molecule has 0 aliphatic heterocycles. The Hall–Kier alpha value is -3.06. The predicted molar refractivity (Wildman–Crippen MR) is 109 cm³/mol. The highest BCUT2D eigenvalue weighted by molar-refractivity contribution is 8.21. The summed E-state index contributed by atoms with van der Waals surface area (Å²) < 4.78 is 11.9. The van der Waals surface area contributed by atoms with Crippen molar-refractivity contribution >= 4 is 9.66 Å². The van der Waals surface area contributed by atoms with Gasteiger partial charge < -0.3 is 0 Å². The highest BCUT2D eigenvalue weighted by Gasteiger charge is 2.22. The summed E-state index contributed by atoms with van der Waals surface area (Å²) in [6.07, 6.45) is 0. The van der Waals surface area contributed by atoms with E-state index < -0.39 is 9.66 Å². The maximum atomic E-state index is 11.9. The van der Waals surface area contributed by atoms with Crippen molar-refractivity contribution in [1.82, 2.24) is 0 Å². The molecule has 4 aromatic carbocycles. The normalized spacial score (nSPS) is 11.2. The molecular formula is C24H19NS. The van der Waals surface area contributed by atoms with E-state index in [1.807, 2.05) is 78.9 Å². The van der Waals surface area contributed by atoms with Gasteiger partial charge in [-0.05, 0) is 47.5 Å². The molecule has 0 radical (unpaired) electrons. The number of hydrogen-bond acceptors (Lipinski definition) is 1. The molecule has 0 N–H and O–H groups in total. The number of benzene rings is 4. The highest BCUT2D eigenvalue weighted by Crippen LogP contribution is 2.56. The second-order valence-electron chi connectivity index (χ2n) is 6.10. The van der Waals surface area contributed by atoms with Gasteiger partial charge in [-0.15, -0.1) is 0 Å². The van der Waals surface area contributed by atoms with E-state index in [9.17, 15) is 4.61 Å². The molecule has 2 heteroatoms. The third-order valence-corrected chi connectivity index (χ3v) is 7.33. The summed E-state index contributed by atoms with van der Waals surface area (Å²) in [5, 5.41) is 0. The average Bonchev–Trinajstić information content (AvgIpc) is 2.75. The first kappa shape index (κ1) is 16.4. The largest absolute Gasteiger partial charge is 0.216 e. The third-order valence-electron chi connectivity index (χ3n) is 4.47. The van der Waals surface area contributed by atoms with E-state index in [1.165, 1.54) is 5.56 Å². The monoisotopic (exact) mass is 353 g/mol. The number of nitrogens with zero attached hydrogens (tertiary/aromatic N) is 1. The van der Waals surface area contributed by atoms with Crippen LogP contribution in [-0.2, 0) is 0 Å². The van der Waals surface area contributed by atoms with E-state index >= 15 is 0 Å². The zero-order chi connectivity index (χ0) is 17.8. The molecule has 1 nitrogen and oxygen atoms in total. The van der Waals surface area contributed by atoms with Crippen molar-refractivity contribution in [3.05, 3.63) is 115 Å². The standard InChI is InChI=1S/C24H19NS/c25-26(22-12-6-2-7-13-22,23-14-8-3-9-15-23)24-18-16-21(17-19-24)20-10-4-1-5-11-20/h1-19H. The summed E-state index contributed by atoms with van der Waals surface area (Å²) in [5.41, 5.74) is 2.33. The van der Waals surface area contributed by atoms with Crippen molar-refractivity contribution in [2.75, 3.05) is 0 Å². The molecule has 0 spiro atoms. The molecular weight excluding hydrogens is 334 g/mol. The molecule has 0 fully saturated rings. The van der Waals surface area contributed by atoms with Crippen LogP contribution in [0, 0.1) is 4.61 Å². The molecule has 0 amide bonds. The Morgan fingerprint density at radius 2 is 0.731 bits per heavy atom. The lowest BCUT2D eigenvalue weighted by molar-refractivity contribution is 1.29. The molecule has 0 aliphatic carbocycles. The number of rotatable bonds is 1. The lowest BCUT2D eigenvalue weighted by Crippen LogP contribution is -1.91. The van der Waals surface area contributed by atoms with Gasteiger partial charge >= 0.3 is 0 Å². The molecule has 0 atom stereocenters. The van der Waals surface area contributed by atoms with Gasteiger partial charge in [-0.2, -0.15) is 0 Å². The number of hydrogen-bond donors (Lipinski definition) is 0. The van der Waals surface area contributed by atoms with Gasteiger partial charge in [-0.25, -0.2) is 4.61 Å². The Morgan fingerprint density at radius 3 is 1.19 bits per heavy atom. The zero-order valence-electron chi connectivity index (χ0n) is 14.3. The molecule has 26 heavy (non-hydrogen) atoms. The van der Waals surface area contributed by atoms with Crippen LogP contribution in [0.1, 0.15) is 0 Å². The van der Waals surface area contributed by atoms with Crippen LogP contribution >= 0.6 is 9.66 Å². The topological polar surface area (TPSA) is 23.8 Å². The Morgan fingerprint density at radius 1 is 0.385 bits per heavy atom. The van der Waals surface area contributed by atoms with Crippen molar-refractivity contribution in [2.24, 2.45) is 0 Å². The SMILES string of the molecule is N#S(c1ccccc1)(c1ccccc1)c1ccc(-c2ccccc2)cc1. The first-order chi connectivity index (χ1) is 12.8. The van der Waals surface area contributed by atoms with Crippen LogP contribution in [0.2, 0.25) is 0 Å². The summed E-state index contributed by atoms with van der Waals surface area (Å²) in [7, 11) is -2.27. The Bertz CT molecular complexity index is 1040. The summed E-state index contributed by atoms with van der Waals surface area (Å²) in [6.45, 7) is 0. The Balaban J connectivity index is 1.85. The van der Waals surface area contributed by atoms with E-state index in [0.29, 0.717) is 0 Å². The van der Waals surface area contributed by atoms with Gasteiger partial charge in [0.2, 0.25) is 0 Å². The summed E-state index contributed by atoms with van der Waals surface area (Å²) in [4.78, 5) is 2.83. The van der Waals surface area contributed by atoms with Crippen molar-refractivity contribution in [3.63, 3.8) is 0 Å². The molecule has 0 unspecified atom stereocenters. The van der Waals surface area contributed by atoms with E-state index in [0.717, 1.165) is 20.2 Å². The second-order valence-corrected chi connectivity index (χ2v) is 8.67. The summed E-state index contributed by atoms with van der Waals surface area (Å²) in [5.74, 6) is 0. The van der Waals surface area contributed by atoms with Crippen LogP contribution < -0.4 is 0 Å². The molecule has 126 valence electrons. The van der Waals surface area contributed by atoms with Crippen molar-refractivity contribution in [1.29, 1.82) is 4.61 Å². The fourth-order valence-electron chi connectivity index (χ4n) is 3.12. The van der Waals surface area contributed by atoms with Gasteiger partial charge in [-0.3, -0.25) is 0 Å². The molecule has 0 bridgehead atoms. The van der Waals surface area contributed by atoms with E-state index in [4.69, 9.17) is 0 Å². The lowest BCUT2D eigenvalue weighted by atomic mass is 10.1. The molecule has 4 aromatic rings. The molecule has 0 saturated carbocycles. The zero-order valence-corrected chi connectivity index (χ0v) is 15.1. The Labute approximate surface area is 155 Å². The van der Waals surface area contributed by atoms with Crippen LogP contribution in [0.4, 0.5) is 0 Å². The van der Waals surface area contributed by atoms with Gasteiger partial charge in [0.15, 0.2) is 0 Å². The van der Waals surface area contributed by atoms with E-state index in [-0.39, 0.29) is 0 Å². The minimum Gasteiger partial charge on any atom is -0.216 e. The van der Waals surface area contributed by atoms with Crippen LogP contribution in [0.5, 0.6) is 0 Å². The van der Waals surface area contributed by atoms with Gasteiger partial charge in [0.25, 0.3) is 0 Å². The average molecular weight is 353 g/mol. The predicted octanol–water partition coefficient (Wildman–Crippen LogP) is 7.11. The van der Waals surface area contributed by atoms with Crippen molar-refractivity contribution in [2.45, 2.75) is 14.7 Å². The second kappa shape index (κ2) is 7.05. The van der Waals surface area contributed by atoms with Gasteiger partial charge in [0, 0.05) is 24.3 Å².